The first-order valence-electron chi connectivity index (χ1n) is 6.62. The van der Waals surface area contributed by atoms with Gasteiger partial charge in [0.25, 0.3) is 0 Å². The van der Waals surface area contributed by atoms with Crippen molar-refractivity contribution < 1.29 is 34.5 Å². The highest BCUT2D eigenvalue weighted by atomic mass is 32.1. The molecule has 0 radical (unpaired) electrons. The summed E-state index contributed by atoms with van der Waals surface area (Å²) in [5.74, 6) is -4.07. The molecular formula is C12H19N3O7S. The van der Waals surface area contributed by atoms with Gasteiger partial charge in [-0.2, -0.15) is 0 Å². The zero-order chi connectivity index (χ0) is 18.0. The van der Waals surface area contributed by atoms with Gasteiger partial charge in [0.05, 0.1) is 0 Å². The maximum atomic E-state index is 11.1. The fourth-order valence-corrected chi connectivity index (χ4v) is 1.83. The molecule has 0 aliphatic rings. The van der Waals surface area contributed by atoms with E-state index in [1.165, 1.54) is 7.05 Å². The lowest BCUT2D eigenvalue weighted by Crippen LogP contribution is -2.51. The first-order valence-corrected chi connectivity index (χ1v) is 7.03. The van der Waals surface area contributed by atoms with Gasteiger partial charge >= 0.3 is 17.9 Å². The normalized spacial score (nSPS) is 12.6. The Kier molecular flexibility index (Phi) is 9.23. The van der Waals surface area contributed by atoms with Crippen molar-refractivity contribution in [3.63, 3.8) is 0 Å². The van der Waals surface area contributed by atoms with Crippen LogP contribution in [0, 0.1) is 0 Å². The van der Waals surface area contributed by atoms with Gasteiger partial charge in [0, 0.05) is 19.9 Å². The molecule has 11 heteroatoms. The minimum absolute atomic E-state index is 0.0511. The molecule has 0 aliphatic heterocycles. The molecule has 0 saturated carbocycles. The van der Waals surface area contributed by atoms with Gasteiger partial charge in [-0.1, -0.05) is 0 Å². The topological polar surface area (TPSA) is 165 Å². The SMILES string of the molecule is CNC(=O)CCC(NC(=S)NC(CCC(=O)O)C(=O)O)C(=O)O. The smallest absolute Gasteiger partial charge is 0.326 e. The predicted molar refractivity (Wildman–Crippen MR) is 81.9 cm³/mol. The third kappa shape index (κ3) is 9.24. The Morgan fingerprint density at radius 3 is 1.70 bits per heavy atom. The molecule has 0 spiro atoms. The largest absolute Gasteiger partial charge is 0.481 e. The lowest BCUT2D eigenvalue weighted by Gasteiger charge is -2.20. The molecule has 0 bridgehead atoms. The molecule has 0 aromatic rings. The number of carboxylic acids is 3. The summed E-state index contributed by atoms with van der Waals surface area (Å²) < 4.78 is 0. The summed E-state index contributed by atoms with van der Waals surface area (Å²) in [5, 5.41) is 33.4. The zero-order valence-electron chi connectivity index (χ0n) is 12.4. The highest BCUT2D eigenvalue weighted by Gasteiger charge is 2.23. The van der Waals surface area contributed by atoms with Gasteiger partial charge in [-0.25, -0.2) is 9.59 Å². The van der Waals surface area contributed by atoms with Crippen LogP contribution in [-0.2, 0) is 19.2 Å². The Morgan fingerprint density at radius 1 is 0.913 bits per heavy atom. The molecule has 130 valence electrons. The fourth-order valence-electron chi connectivity index (χ4n) is 1.54. The first kappa shape index (κ1) is 20.6. The number of rotatable bonds is 10. The van der Waals surface area contributed by atoms with Crippen molar-refractivity contribution in [3.05, 3.63) is 0 Å². The van der Waals surface area contributed by atoms with Gasteiger partial charge in [0.15, 0.2) is 5.11 Å². The molecule has 2 atom stereocenters. The molecule has 0 saturated heterocycles. The summed E-state index contributed by atoms with van der Waals surface area (Å²) in [5.41, 5.74) is 0. The minimum Gasteiger partial charge on any atom is -0.481 e. The van der Waals surface area contributed by atoms with Crippen molar-refractivity contribution in [2.75, 3.05) is 7.05 Å². The second kappa shape index (κ2) is 10.3. The van der Waals surface area contributed by atoms with E-state index in [9.17, 15) is 19.2 Å². The van der Waals surface area contributed by atoms with Crippen molar-refractivity contribution in [2.45, 2.75) is 37.8 Å². The molecule has 23 heavy (non-hydrogen) atoms. The molecular weight excluding hydrogens is 330 g/mol. The van der Waals surface area contributed by atoms with Gasteiger partial charge in [-0.3, -0.25) is 9.59 Å². The molecule has 0 fully saturated rings. The number of aliphatic carboxylic acids is 3. The van der Waals surface area contributed by atoms with Crippen LogP contribution in [-0.4, -0.2) is 63.4 Å². The Morgan fingerprint density at radius 2 is 1.35 bits per heavy atom. The lowest BCUT2D eigenvalue weighted by molar-refractivity contribution is -0.141. The highest BCUT2D eigenvalue weighted by Crippen LogP contribution is 2.01. The van der Waals surface area contributed by atoms with Gasteiger partial charge in [-0.15, -0.1) is 0 Å². The monoisotopic (exact) mass is 349 g/mol. The average molecular weight is 349 g/mol. The minimum atomic E-state index is -1.31. The Bertz CT molecular complexity index is 483. The maximum absolute atomic E-state index is 11.1. The fraction of sp³-hybridized carbons (Fsp3) is 0.583. The van der Waals surface area contributed by atoms with Crippen LogP contribution in [0.1, 0.15) is 25.7 Å². The summed E-state index contributed by atoms with van der Waals surface area (Å²) in [6.45, 7) is 0. The number of hydrogen-bond acceptors (Lipinski definition) is 5. The van der Waals surface area contributed by atoms with E-state index in [2.05, 4.69) is 16.0 Å². The van der Waals surface area contributed by atoms with Crippen LogP contribution in [0.25, 0.3) is 0 Å². The summed E-state index contributed by atoms with van der Waals surface area (Å²) in [4.78, 5) is 43.7. The molecule has 1 amide bonds. The number of amides is 1. The summed E-state index contributed by atoms with van der Waals surface area (Å²) in [6, 6.07) is -2.44. The number of nitrogens with one attached hydrogen (secondary N) is 3. The number of thiocarbonyl (C=S) groups is 1. The van der Waals surface area contributed by atoms with E-state index >= 15 is 0 Å². The summed E-state index contributed by atoms with van der Waals surface area (Å²) in [6.07, 6.45) is -0.706. The van der Waals surface area contributed by atoms with Crippen molar-refractivity contribution in [3.8, 4) is 0 Å². The summed E-state index contributed by atoms with van der Waals surface area (Å²) in [7, 11) is 1.41. The van der Waals surface area contributed by atoms with Crippen LogP contribution in [0.4, 0.5) is 0 Å². The van der Waals surface area contributed by atoms with Crippen LogP contribution < -0.4 is 16.0 Å². The molecule has 6 N–H and O–H groups in total. The van der Waals surface area contributed by atoms with Gasteiger partial charge in [-0.05, 0) is 25.1 Å². The summed E-state index contributed by atoms with van der Waals surface area (Å²) >= 11 is 4.84. The number of hydrogen-bond donors (Lipinski definition) is 6. The van der Waals surface area contributed by atoms with E-state index in [0.717, 1.165) is 0 Å². The Balaban J connectivity index is 4.59. The molecule has 0 heterocycles. The van der Waals surface area contributed by atoms with Gasteiger partial charge in [0.1, 0.15) is 12.1 Å². The third-order valence-corrected chi connectivity index (χ3v) is 3.03. The first-order chi connectivity index (χ1) is 10.7. The second-order valence-corrected chi connectivity index (χ2v) is 4.95. The number of carbonyl (C=O) groups excluding carboxylic acids is 1. The van der Waals surface area contributed by atoms with Gasteiger partial charge < -0.3 is 31.3 Å². The highest BCUT2D eigenvalue weighted by molar-refractivity contribution is 7.80. The van der Waals surface area contributed by atoms with E-state index in [-0.39, 0.29) is 36.7 Å². The van der Waals surface area contributed by atoms with Crippen molar-refractivity contribution in [1.82, 2.24) is 16.0 Å². The van der Waals surface area contributed by atoms with Crippen LogP contribution in [0.5, 0.6) is 0 Å². The van der Waals surface area contributed by atoms with Crippen LogP contribution in [0.15, 0.2) is 0 Å². The Labute approximate surface area is 137 Å². The van der Waals surface area contributed by atoms with Crippen LogP contribution >= 0.6 is 12.2 Å². The van der Waals surface area contributed by atoms with E-state index in [1.54, 1.807) is 0 Å². The average Bonchev–Trinajstić information content (AvgIpc) is 2.46. The van der Waals surface area contributed by atoms with E-state index in [1.807, 2.05) is 0 Å². The van der Waals surface area contributed by atoms with Crippen LogP contribution in [0.2, 0.25) is 0 Å². The lowest BCUT2D eigenvalue weighted by atomic mass is 10.1. The van der Waals surface area contributed by atoms with Crippen LogP contribution in [0.3, 0.4) is 0 Å². The number of carbonyl (C=O) groups is 4. The maximum Gasteiger partial charge on any atom is 0.326 e. The molecule has 10 nitrogen and oxygen atoms in total. The standard InChI is InChI=1S/C12H19N3O7S/c1-13-8(16)4-2-6(10(19)20)14-12(23)15-7(11(21)22)3-5-9(17)18/h6-7H,2-5H2,1H3,(H,13,16)(H,17,18)(H,19,20)(H,21,22)(H2,14,15,23). The third-order valence-electron chi connectivity index (χ3n) is 2.79. The van der Waals surface area contributed by atoms with Crippen molar-refractivity contribution >= 4 is 41.1 Å². The van der Waals surface area contributed by atoms with E-state index < -0.39 is 30.0 Å². The zero-order valence-corrected chi connectivity index (χ0v) is 13.2. The molecule has 0 rings (SSSR count). The van der Waals surface area contributed by atoms with Crippen molar-refractivity contribution in [1.29, 1.82) is 0 Å². The number of carboxylic acid groups (broad SMARTS) is 3. The Hall–Kier alpha value is -2.43. The molecule has 0 aliphatic carbocycles. The predicted octanol–water partition coefficient (Wildman–Crippen LogP) is -1.25. The molecule has 0 aromatic heterocycles. The quantitative estimate of drug-likeness (QED) is 0.262. The molecule has 0 aromatic carbocycles. The van der Waals surface area contributed by atoms with E-state index in [4.69, 9.17) is 27.5 Å². The van der Waals surface area contributed by atoms with Gasteiger partial charge in [0.2, 0.25) is 5.91 Å². The molecule has 2 unspecified atom stereocenters. The second-order valence-electron chi connectivity index (χ2n) is 4.54. The van der Waals surface area contributed by atoms with E-state index in [0.29, 0.717) is 0 Å². The van der Waals surface area contributed by atoms with Crippen molar-refractivity contribution in [2.24, 2.45) is 0 Å².